The summed E-state index contributed by atoms with van der Waals surface area (Å²) in [6.07, 6.45) is 2.40. The van der Waals surface area contributed by atoms with Crippen molar-refractivity contribution in [2.24, 2.45) is 0 Å². The Balaban J connectivity index is 2.50. The van der Waals surface area contributed by atoms with E-state index in [9.17, 15) is 4.79 Å². The maximum atomic E-state index is 10.9. The summed E-state index contributed by atoms with van der Waals surface area (Å²) in [6, 6.07) is 0. The van der Waals surface area contributed by atoms with Crippen LogP contribution in [0.3, 0.4) is 0 Å². The normalized spacial score (nSPS) is 12.9. The van der Waals surface area contributed by atoms with Crippen molar-refractivity contribution >= 4 is 5.78 Å². The molecule has 1 unspecified atom stereocenters. The molecule has 0 aromatic carbocycles. The average Bonchev–Trinajstić information content (AvgIpc) is 2.39. The first kappa shape index (κ1) is 7.94. The first-order valence-corrected chi connectivity index (χ1v) is 3.38. The van der Waals surface area contributed by atoms with E-state index < -0.39 is 6.10 Å². The number of Topliss-reactive ketones (excluding diaryl/α,β-unsaturated/α-hetero) is 1. The molecule has 0 amide bonds. The summed E-state index contributed by atoms with van der Waals surface area (Å²) in [5.41, 5.74) is 0.732. The van der Waals surface area contributed by atoms with Crippen LogP contribution >= 0.6 is 0 Å². The number of aliphatic hydroxyl groups is 1. The number of hydrogen-bond donors (Lipinski definition) is 2. The maximum absolute atomic E-state index is 10.9. The van der Waals surface area contributed by atoms with Crippen molar-refractivity contribution < 1.29 is 9.90 Å². The lowest BCUT2D eigenvalue weighted by atomic mass is 10.1. The molecule has 0 radical (unpaired) electrons. The number of carbonyl (C=O) groups is 1. The Bertz CT molecular complexity index is 229. The minimum atomic E-state index is -0.890. The molecule has 1 aromatic heterocycles. The third kappa shape index (κ3) is 2.16. The van der Waals surface area contributed by atoms with Crippen LogP contribution in [0.4, 0.5) is 0 Å². The van der Waals surface area contributed by atoms with Gasteiger partial charge in [0.15, 0.2) is 5.78 Å². The summed E-state index contributed by atoms with van der Waals surface area (Å²) in [6.45, 7) is 1.46. The second kappa shape index (κ2) is 3.30. The monoisotopic (exact) mass is 154 g/mol. The molecule has 0 fully saturated rings. The highest BCUT2D eigenvalue weighted by molar-refractivity contribution is 5.84. The van der Waals surface area contributed by atoms with E-state index in [1.54, 1.807) is 6.20 Å². The zero-order chi connectivity index (χ0) is 8.27. The second-order valence-electron chi connectivity index (χ2n) is 2.40. The fourth-order valence-corrected chi connectivity index (χ4v) is 0.717. The third-order valence-electron chi connectivity index (χ3n) is 1.39. The number of aliphatic hydroxyl groups excluding tert-OH is 1. The summed E-state index contributed by atoms with van der Waals surface area (Å²) in [4.78, 5) is 17.4. The van der Waals surface area contributed by atoms with E-state index in [-0.39, 0.29) is 12.2 Å². The Kier molecular flexibility index (Phi) is 2.38. The van der Waals surface area contributed by atoms with E-state index in [1.807, 2.05) is 0 Å². The highest BCUT2D eigenvalue weighted by Gasteiger charge is 2.09. The van der Waals surface area contributed by atoms with Crippen LogP contribution in [0.5, 0.6) is 0 Å². The fraction of sp³-hybridized carbons (Fsp3) is 0.429. The average molecular weight is 154 g/mol. The molecule has 1 rings (SSSR count). The van der Waals surface area contributed by atoms with Gasteiger partial charge >= 0.3 is 0 Å². The number of H-pyrrole nitrogens is 1. The molecule has 60 valence electrons. The molecule has 2 N–H and O–H groups in total. The van der Waals surface area contributed by atoms with Gasteiger partial charge in [0.1, 0.15) is 6.10 Å². The van der Waals surface area contributed by atoms with Gasteiger partial charge in [0.2, 0.25) is 0 Å². The molecule has 0 bridgehead atoms. The number of hydrogen-bond acceptors (Lipinski definition) is 3. The molecule has 0 aliphatic rings. The third-order valence-corrected chi connectivity index (χ3v) is 1.39. The predicted molar refractivity (Wildman–Crippen MR) is 39.0 cm³/mol. The Hall–Kier alpha value is -1.16. The van der Waals surface area contributed by atoms with Gasteiger partial charge in [-0.1, -0.05) is 0 Å². The summed E-state index contributed by atoms with van der Waals surface area (Å²) in [7, 11) is 0. The summed E-state index contributed by atoms with van der Waals surface area (Å²) in [5, 5.41) is 8.84. The largest absolute Gasteiger partial charge is 0.386 e. The number of aromatic nitrogens is 2. The standard InChI is InChI=1S/C7H10N2O2/c1-5(10)7(11)2-6-3-8-4-9-6/h3-5,10H,2H2,1H3,(H,8,9). The molecule has 0 saturated carbocycles. The number of nitrogens with one attached hydrogen (secondary N) is 1. The first-order valence-electron chi connectivity index (χ1n) is 3.38. The number of nitrogens with zero attached hydrogens (tertiary/aromatic N) is 1. The molecule has 1 heterocycles. The van der Waals surface area contributed by atoms with Gasteiger partial charge in [-0.25, -0.2) is 4.98 Å². The molecule has 4 nitrogen and oxygen atoms in total. The van der Waals surface area contributed by atoms with Crippen LogP contribution < -0.4 is 0 Å². The number of rotatable bonds is 3. The lowest BCUT2D eigenvalue weighted by Gasteiger charge is -1.99. The van der Waals surface area contributed by atoms with Gasteiger partial charge in [0.25, 0.3) is 0 Å². The van der Waals surface area contributed by atoms with E-state index >= 15 is 0 Å². The van der Waals surface area contributed by atoms with E-state index in [0.29, 0.717) is 0 Å². The van der Waals surface area contributed by atoms with Crippen LogP contribution in [0.25, 0.3) is 0 Å². The van der Waals surface area contributed by atoms with Gasteiger partial charge in [0, 0.05) is 11.9 Å². The summed E-state index contributed by atoms with van der Waals surface area (Å²) < 4.78 is 0. The Labute approximate surface area is 64.3 Å². The van der Waals surface area contributed by atoms with Gasteiger partial charge in [-0.15, -0.1) is 0 Å². The van der Waals surface area contributed by atoms with E-state index in [1.165, 1.54) is 13.3 Å². The smallest absolute Gasteiger partial charge is 0.166 e. The summed E-state index contributed by atoms with van der Waals surface area (Å²) >= 11 is 0. The van der Waals surface area contributed by atoms with E-state index in [0.717, 1.165) is 5.69 Å². The number of imidazole rings is 1. The van der Waals surface area contributed by atoms with Crippen molar-refractivity contribution in [1.29, 1.82) is 0 Å². The lowest BCUT2D eigenvalue weighted by molar-refractivity contribution is -0.125. The van der Waals surface area contributed by atoms with Crippen molar-refractivity contribution in [3.8, 4) is 0 Å². The molecular formula is C7H10N2O2. The van der Waals surface area contributed by atoms with Crippen LogP contribution in [0.1, 0.15) is 12.6 Å². The number of aromatic amines is 1. The maximum Gasteiger partial charge on any atom is 0.166 e. The van der Waals surface area contributed by atoms with Gasteiger partial charge in [-0.2, -0.15) is 0 Å². The van der Waals surface area contributed by atoms with Gasteiger partial charge in [0.05, 0.1) is 12.7 Å². The second-order valence-corrected chi connectivity index (χ2v) is 2.40. The number of ketones is 1. The molecule has 0 saturated heterocycles. The van der Waals surface area contributed by atoms with Crippen LogP contribution in [0.15, 0.2) is 12.5 Å². The quantitative estimate of drug-likeness (QED) is 0.639. The van der Waals surface area contributed by atoms with Crippen molar-refractivity contribution in [1.82, 2.24) is 9.97 Å². The minimum absolute atomic E-state index is 0.200. The highest BCUT2D eigenvalue weighted by atomic mass is 16.3. The Morgan fingerprint density at radius 2 is 2.64 bits per heavy atom. The first-order chi connectivity index (χ1) is 5.20. The highest BCUT2D eigenvalue weighted by Crippen LogP contribution is 1.96. The fourth-order valence-electron chi connectivity index (χ4n) is 0.717. The molecule has 1 aromatic rings. The van der Waals surface area contributed by atoms with Crippen LogP contribution in [-0.2, 0) is 11.2 Å². The van der Waals surface area contributed by atoms with Crippen molar-refractivity contribution in [2.45, 2.75) is 19.4 Å². The molecule has 0 aliphatic carbocycles. The Morgan fingerprint density at radius 1 is 1.91 bits per heavy atom. The molecule has 0 spiro atoms. The lowest BCUT2D eigenvalue weighted by Crippen LogP contribution is -2.18. The van der Waals surface area contributed by atoms with Gasteiger partial charge < -0.3 is 10.1 Å². The van der Waals surface area contributed by atoms with E-state index in [2.05, 4.69) is 9.97 Å². The zero-order valence-electron chi connectivity index (χ0n) is 6.24. The van der Waals surface area contributed by atoms with Gasteiger partial charge in [-0.3, -0.25) is 4.79 Å². The van der Waals surface area contributed by atoms with Crippen LogP contribution in [0, 0.1) is 0 Å². The van der Waals surface area contributed by atoms with E-state index in [4.69, 9.17) is 5.11 Å². The molecule has 0 aliphatic heterocycles. The van der Waals surface area contributed by atoms with Crippen LogP contribution in [-0.4, -0.2) is 27.0 Å². The number of carbonyl (C=O) groups excluding carboxylic acids is 1. The summed E-state index contributed by atoms with van der Waals surface area (Å²) in [5.74, 6) is -0.200. The molecule has 11 heavy (non-hydrogen) atoms. The van der Waals surface area contributed by atoms with Crippen molar-refractivity contribution in [3.05, 3.63) is 18.2 Å². The molecular weight excluding hydrogens is 144 g/mol. The predicted octanol–water partition coefficient (Wildman–Crippen LogP) is -0.0979. The van der Waals surface area contributed by atoms with Crippen molar-refractivity contribution in [3.63, 3.8) is 0 Å². The topological polar surface area (TPSA) is 66.0 Å². The minimum Gasteiger partial charge on any atom is -0.386 e. The molecule has 4 heteroatoms. The SMILES string of the molecule is CC(O)C(=O)Cc1cnc[nH]1. The van der Waals surface area contributed by atoms with Crippen molar-refractivity contribution in [2.75, 3.05) is 0 Å². The molecule has 1 atom stereocenters. The zero-order valence-corrected chi connectivity index (χ0v) is 6.24. The Morgan fingerprint density at radius 3 is 3.09 bits per heavy atom. The van der Waals surface area contributed by atoms with Gasteiger partial charge in [-0.05, 0) is 6.92 Å². The van der Waals surface area contributed by atoms with Crippen LogP contribution in [0.2, 0.25) is 0 Å².